The maximum absolute atomic E-state index is 13.3. The van der Waals surface area contributed by atoms with Crippen LogP contribution < -0.4 is 5.43 Å². The molecule has 0 saturated carbocycles. The lowest BCUT2D eigenvalue weighted by molar-refractivity contribution is 0.192. The summed E-state index contributed by atoms with van der Waals surface area (Å²) in [5, 5.41) is 10.9. The minimum Gasteiger partial charge on any atom is -0.366 e. The van der Waals surface area contributed by atoms with Crippen LogP contribution in [0.1, 0.15) is 5.56 Å². The van der Waals surface area contributed by atoms with Crippen molar-refractivity contribution in [2.45, 2.75) is 0 Å². The number of amidine groups is 1. The van der Waals surface area contributed by atoms with Crippen LogP contribution in [0.3, 0.4) is 0 Å². The van der Waals surface area contributed by atoms with Crippen LogP contribution in [0.2, 0.25) is 0 Å². The number of hydrogen-bond donors (Lipinski definition) is 2. The molecule has 0 aliphatic carbocycles. The van der Waals surface area contributed by atoms with E-state index in [1.54, 1.807) is 12.4 Å². The number of halogens is 2. The van der Waals surface area contributed by atoms with Crippen LogP contribution in [-0.2, 0) is 0 Å². The van der Waals surface area contributed by atoms with E-state index in [0.29, 0.717) is 11.3 Å². The molecule has 1 saturated heterocycles. The summed E-state index contributed by atoms with van der Waals surface area (Å²) in [4.78, 5) is 12.7. The number of nitrogens with one attached hydrogen (secondary N) is 2. The van der Waals surface area contributed by atoms with Gasteiger partial charge >= 0.3 is 0 Å². The van der Waals surface area contributed by atoms with Gasteiger partial charge in [0.05, 0.1) is 18.1 Å². The van der Waals surface area contributed by atoms with Crippen LogP contribution >= 0.6 is 11.6 Å². The number of rotatable bonds is 4. The van der Waals surface area contributed by atoms with Gasteiger partial charge in [-0.25, -0.2) is 9.38 Å². The second kappa shape index (κ2) is 7.06. The lowest BCUT2D eigenvalue weighted by Gasteiger charge is -2.34. The van der Waals surface area contributed by atoms with Gasteiger partial charge < -0.3 is 9.80 Å². The van der Waals surface area contributed by atoms with Crippen molar-refractivity contribution in [1.82, 2.24) is 20.2 Å². The van der Waals surface area contributed by atoms with E-state index in [9.17, 15) is 4.39 Å². The number of likely N-dealkylation sites (N-methyl/N-ethyl adjacent to an activating group) is 1. The summed E-state index contributed by atoms with van der Waals surface area (Å²) < 4.78 is 13.3. The Morgan fingerprint density at radius 2 is 2.12 bits per heavy atom. The molecule has 0 amide bonds. The minimum absolute atomic E-state index is 0.264. The number of pyridine rings is 1. The summed E-state index contributed by atoms with van der Waals surface area (Å²) in [7, 11) is 2.08. The van der Waals surface area contributed by atoms with E-state index in [-0.39, 0.29) is 5.29 Å². The van der Waals surface area contributed by atoms with Gasteiger partial charge in [-0.3, -0.25) is 15.8 Å². The Labute approximate surface area is 144 Å². The highest BCUT2D eigenvalue weighted by Gasteiger charge is 2.29. The summed E-state index contributed by atoms with van der Waals surface area (Å²) in [5.74, 6) is -0.395. The maximum atomic E-state index is 13.3. The van der Waals surface area contributed by atoms with Crippen molar-refractivity contribution in [3.8, 4) is 0 Å². The smallest absolute Gasteiger partial charge is 0.209 e. The molecule has 0 bridgehead atoms. The van der Waals surface area contributed by atoms with E-state index in [1.165, 1.54) is 6.07 Å². The van der Waals surface area contributed by atoms with Crippen molar-refractivity contribution in [3.63, 3.8) is 0 Å². The van der Waals surface area contributed by atoms with Crippen LogP contribution in [0.5, 0.6) is 0 Å². The van der Waals surface area contributed by atoms with Crippen LogP contribution in [0.15, 0.2) is 39.9 Å². The first kappa shape index (κ1) is 16.5. The van der Waals surface area contributed by atoms with Crippen LogP contribution in [0.25, 0.3) is 0 Å². The fraction of sp³-hybridized carbons (Fsp3) is 0.333. The first-order valence-corrected chi connectivity index (χ1v) is 7.83. The standard InChI is InChI=1S/C15H17ClFN7/c1-23-2-4-24(5-3-23)12(9-20-22-15(16)18)14-13(21-14)10-6-11(17)8-19-7-10/h6-9H,2-5H2,1H3,(H2,18,22)/b14-12+,20-9-. The Kier molecular flexibility index (Phi) is 4.86. The summed E-state index contributed by atoms with van der Waals surface area (Å²) >= 11 is 5.45. The van der Waals surface area contributed by atoms with Gasteiger partial charge in [-0.1, -0.05) is 0 Å². The van der Waals surface area contributed by atoms with Gasteiger partial charge in [0.1, 0.15) is 17.2 Å². The molecule has 1 aromatic rings. The summed E-state index contributed by atoms with van der Waals surface area (Å²) in [5.41, 5.74) is 5.34. The molecule has 0 unspecified atom stereocenters. The fourth-order valence-electron chi connectivity index (χ4n) is 2.50. The lowest BCUT2D eigenvalue weighted by atomic mass is 10.1. The monoisotopic (exact) mass is 349 g/mol. The average molecular weight is 350 g/mol. The molecule has 0 spiro atoms. The third kappa shape index (κ3) is 3.95. The summed E-state index contributed by atoms with van der Waals surface area (Å²) in [6, 6.07) is 1.41. The quantitative estimate of drug-likeness (QED) is 0.371. The Morgan fingerprint density at radius 1 is 1.38 bits per heavy atom. The molecule has 2 N–H and O–H groups in total. The molecule has 3 rings (SSSR count). The Balaban J connectivity index is 1.82. The normalized spacial score (nSPS) is 20.1. The van der Waals surface area contributed by atoms with Crippen LogP contribution in [-0.4, -0.2) is 65.2 Å². The van der Waals surface area contributed by atoms with Crippen molar-refractivity contribution >= 4 is 28.8 Å². The molecule has 2 aliphatic rings. The molecule has 0 aromatic carbocycles. The van der Waals surface area contributed by atoms with E-state index in [4.69, 9.17) is 17.0 Å². The van der Waals surface area contributed by atoms with Gasteiger partial charge in [0.15, 0.2) is 0 Å². The molecular formula is C15H17ClFN7. The zero-order valence-corrected chi connectivity index (χ0v) is 13.9. The molecule has 7 nitrogen and oxygen atoms in total. The Morgan fingerprint density at radius 3 is 2.79 bits per heavy atom. The lowest BCUT2D eigenvalue weighted by Crippen LogP contribution is -2.44. The van der Waals surface area contributed by atoms with Crippen LogP contribution in [0.4, 0.5) is 4.39 Å². The number of nitrogens with zero attached hydrogens (tertiary/aromatic N) is 5. The third-order valence-electron chi connectivity index (χ3n) is 3.81. The largest absolute Gasteiger partial charge is 0.366 e. The predicted molar refractivity (Wildman–Crippen MR) is 92.0 cm³/mol. The van der Waals surface area contributed by atoms with Gasteiger partial charge in [0.25, 0.3) is 0 Å². The van der Waals surface area contributed by atoms with Crippen molar-refractivity contribution in [1.29, 1.82) is 5.41 Å². The highest BCUT2D eigenvalue weighted by molar-refractivity contribution is 6.63. The molecule has 1 fully saturated rings. The molecule has 24 heavy (non-hydrogen) atoms. The first-order valence-electron chi connectivity index (χ1n) is 7.45. The number of piperazine rings is 1. The van der Waals surface area contributed by atoms with Crippen molar-refractivity contribution in [3.05, 3.63) is 41.2 Å². The second-order valence-corrected chi connectivity index (χ2v) is 5.94. The van der Waals surface area contributed by atoms with Gasteiger partial charge in [-0.2, -0.15) is 5.10 Å². The number of aliphatic imine (C=N–C) groups is 1. The van der Waals surface area contributed by atoms with E-state index in [2.05, 4.69) is 37.4 Å². The highest BCUT2D eigenvalue weighted by Crippen LogP contribution is 2.28. The molecule has 3 heterocycles. The van der Waals surface area contributed by atoms with E-state index in [1.807, 2.05) is 0 Å². The fourth-order valence-corrected chi connectivity index (χ4v) is 2.54. The van der Waals surface area contributed by atoms with E-state index < -0.39 is 5.82 Å². The number of hydrazone groups is 1. The van der Waals surface area contributed by atoms with E-state index in [0.717, 1.165) is 43.8 Å². The topological polar surface area (TPSA) is 80.0 Å². The molecule has 1 aromatic heterocycles. The number of hydrogen-bond acceptors (Lipinski definition) is 6. The Bertz CT molecular complexity index is 735. The Hall–Kier alpha value is -2.32. The van der Waals surface area contributed by atoms with Crippen molar-refractivity contribution in [2.24, 2.45) is 10.1 Å². The van der Waals surface area contributed by atoms with Gasteiger partial charge in [0.2, 0.25) is 5.29 Å². The second-order valence-electron chi connectivity index (χ2n) is 5.56. The van der Waals surface area contributed by atoms with Crippen LogP contribution in [0, 0.1) is 11.2 Å². The summed E-state index contributed by atoms with van der Waals surface area (Å²) in [6.07, 6.45) is 4.34. The minimum atomic E-state index is -0.395. The zero-order chi connectivity index (χ0) is 17.1. The van der Waals surface area contributed by atoms with Gasteiger partial charge in [-0.15, -0.1) is 0 Å². The number of aromatic nitrogens is 1. The molecule has 0 atom stereocenters. The molecular weight excluding hydrogens is 333 g/mol. The van der Waals surface area contributed by atoms with Gasteiger partial charge in [0, 0.05) is 37.9 Å². The van der Waals surface area contributed by atoms with Crippen molar-refractivity contribution < 1.29 is 4.39 Å². The van der Waals surface area contributed by atoms with Gasteiger partial charge in [-0.05, 0) is 24.7 Å². The predicted octanol–water partition coefficient (Wildman–Crippen LogP) is 1.23. The maximum Gasteiger partial charge on any atom is 0.209 e. The highest BCUT2D eigenvalue weighted by atomic mass is 35.5. The molecule has 9 heteroatoms. The molecule has 2 aliphatic heterocycles. The van der Waals surface area contributed by atoms with E-state index >= 15 is 0 Å². The summed E-state index contributed by atoms with van der Waals surface area (Å²) in [6.45, 7) is 3.54. The first-order chi connectivity index (χ1) is 11.5. The average Bonchev–Trinajstić information content (AvgIpc) is 3.33. The zero-order valence-electron chi connectivity index (χ0n) is 13.1. The molecule has 126 valence electrons. The molecule has 0 radical (unpaired) electrons. The number of allylic oxidation sites excluding steroid dienone is 2. The third-order valence-corrected chi connectivity index (χ3v) is 3.90. The SMILES string of the molecule is CN1CCN(C(/C=N\NC(=N)Cl)=C2N=C/2c2cncc(F)c2)CC1. The van der Waals surface area contributed by atoms with Crippen molar-refractivity contribution in [2.75, 3.05) is 33.2 Å².